The fourth-order valence-corrected chi connectivity index (χ4v) is 3.59. The fourth-order valence-electron chi connectivity index (χ4n) is 3.59. The van der Waals surface area contributed by atoms with E-state index in [0.717, 1.165) is 30.1 Å². The van der Waals surface area contributed by atoms with E-state index in [9.17, 15) is 24.6 Å². The summed E-state index contributed by atoms with van der Waals surface area (Å²) in [5.41, 5.74) is 1.63. The molecule has 1 saturated heterocycles. The summed E-state index contributed by atoms with van der Waals surface area (Å²) in [6.45, 7) is 9.54. The summed E-state index contributed by atoms with van der Waals surface area (Å²) in [5.74, 6) is -4.09. The van der Waals surface area contributed by atoms with E-state index < -0.39 is 66.7 Å². The monoisotopic (exact) mass is 462 g/mol. The summed E-state index contributed by atoms with van der Waals surface area (Å²) in [5, 5.41) is 27.8. The van der Waals surface area contributed by atoms with Gasteiger partial charge in [-0.2, -0.15) is 0 Å². The van der Waals surface area contributed by atoms with Crippen molar-refractivity contribution < 1.29 is 43.9 Å². The highest BCUT2D eigenvalue weighted by molar-refractivity contribution is 5.95. The Morgan fingerprint density at radius 3 is 2.61 bits per heavy atom. The van der Waals surface area contributed by atoms with Crippen LogP contribution in [0.5, 0.6) is 0 Å². The van der Waals surface area contributed by atoms with Gasteiger partial charge in [-0.3, -0.25) is 0 Å². The van der Waals surface area contributed by atoms with Crippen LogP contribution in [-0.2, 0) is 28.6 Å². The Morgan fingerprint density at radius 1 is 1.27 bits per heavy atom. The first-order valence-corrected chi connectivity index (χ1v) is 10.5. The lowest BCUT2D eigenvalue weighted by Crippen LogP contribution is -2.34. The third-order valence-corrected chi connectivity index (χ3v) is 5.44. The van der Waals surface area contributed by atoms with Crippen LogP contribution in [-0.4, -0.2) is 64.8 Å². The minimum absolute atomic E-state index is 0.166. The first kappa shape index (κ1) is 26.2. The molecule has 33 heavy (non-hydrogen) atoms. The Labute approximate surface area is 192 Å². The summed E-state index contributed by atoms with van der Waals surface area (Å²) in [6.07, 6.45) is 3.50. The maximum atomic E-state index is 12.9. The molecule has 1 fully saturated rings. The van der Waals surface area contributed by atoms with Crippen LogP contribution in [0.3, 0.4) is 0 Å². The third-order valence-electron chi connectivity index (χ3n) is 5.44. The van der Waals surface area contributed by atoms with Crippen molar-refractivity contribution in [2.24, 2.45) is 5.92 Å². The molecule has 0 aromatic heterocycles. The van der Waals surface area contributed by atoms with Gasteiger partial charge in [0.05, 0.1) is 24.7 Å². The number of carbonyl (C=O) groups excluding carboxylic acids is 3. The van der Waals surface area contributed by atoms with Gasteiger partial charge in [0.15, 0.2) is 0 Å². The van der Waals surface area contributed by atoms with E-state index in [-0.39, 0.29) is 12.0 Å². The average Bonchev–Trinajstić information content (AvgIpc) is 3.04. The SMILES string of the molecule is C=C(C(=O)O/C(=C/CO)C(=O)O[C@@H]1C/C(C)=C/CC/C(C)=C/[C@H]2OC(=O)C(=C)[C@@H]21)C(O)CO. The average molecular weight is 462 g/mol. The molecule has 0 aromatic rings. The zero-order chi connectivity index (χ0) is 24.7. The zero-order valence-corrected chi connectivity index (χ0v) is 18.8. The maximum absolute atomic E-state index is 12.9. The molecule has 0 spiro atoms. The molecule has 1 aliphatic heterocycles. The first-order valence-electron chi connectivity index (χ1n) is 10.5. The molecule has 0 aromatic carbocycles. The fraction of sp³-hybridized carbons (Fsp3) is 0.458. The second kappa shape index (κ2) is 11.7. The molecule has 0 bridgehead atoms. The standard InChI is InChI=1S/C24H30O9/c1-13-6-5-7-14(2)11-20(21-16(4)23(29)32-19(21)10-13)33-24(30)18(8-9-25)31-22(28)15(3)17(27)12-26/h7-8,10,17,19-21,25-27H,3-6,9,11-12H2,1-2H3/b13-10+,14-7+,18-8+/t17?,19-,20-,21+/m1/s1. The predicted octanol–water partition coefficient (Wildman–Crippen LogP) is 1.40. The zero-order valence-electron chi connectivity index (χ0n) is 18.8. The van der Waals surface area contributed by atoms with Gasteiger partial charge in [0.2, 0.25) is 5.76 Å². The molecule has 2 rings (SSSR count). The van der Waals surface area contributed by atoms with Crippen LogP contribution in [0.15, 0.2) is 59.4 Å². The maximum Gasteiger partial charge on any atom is 0.374 e. The molecular formula is C24H30O9. The van der Waals surface area contributed by atoms with Gasteiger partial charge in [0.1, 0.15) is 18.3 Å². The third kappa shape index (κ3) is 6.74. The minimum atomic E-state index is -1.57. The first-order chi connectivity index (χ1) is 15.6. The lowest BCUT2D eigenvalue weighted by atomic mass is 9.85. The lowest BCUT2D eigenvalue weighted by Gasteiger charge is -2.27. The largest absolute Gasteiger partial charge is 0.455 e. The number of fused-ring (bicyclic) bond motifs is 1. The van der Waals surface area contributed by atoms with Crippen molar-refractivity contribution in [3.63, 3.8) is 0 Å². The van der Waals surface area contributed by atoms with Gasteiger partial charge < -0.3 is 29.5 Å². The Morgan fingerprint density at radius 2 is 1.97 bits per heavy atom. The number of allylic oxidation sites excluding steroid dienone is 2. The Kier molecular flexibility index (Phi) is 9.33. The van der Waals surface area contributed by atoms with Gasteiger partial charge in [-0.15, -0.1) is 0 Å². The molecule has 9 nitrogen and oxygen atoms in total. The van der Waals surface area contributed by atoms with E-state index in [1.807, 2.05) is 26.0 Å². The smallest absolute Gasteiger partial charge is 0.374 e. The number of hydrogen-bond acceptors (Lipinski definition) is 9. The van der Waals surface area contributed by atoms with Gasteiger partial charge in [0.25, 0.3) is 0 Å². The summed E-state index contributed by atoms with van der Waals surface area (Å²) >= 11 is 0. The van der Waals surface area contributed by atoms with Crippen LogP contribution in [0.2, 0.25) is 0 Å². The van der Waals surface area contributed by atoms with Gasteiger partial charge in [-0.1, -0.05) is 30.4 Å². The topological polar surface area (TPSA) is 140 Å². The highest BCUT2D eigenvalue weighted by Gasteiger charge is 2.44. The number of aliphatic hydroxyl groups is 3. The van der Waals surface area contributed by atoms with Crippen molar-refractivity contribution in [3.8, 4) is 0 Å². The Bertz CT molecular complexity index is 909. The van der Waals surface area contributed by atoms with Crippen LogP contribution < -0.4 is 0 Å². The summed E-state index contributed by atoms with van der Waals surface area (Å²) in [4.78, 5) is 37.3. The number of aliphatic hydroxyl groups excluding tert-OH is 3. The highest BCUT2D eigenvalue weighted by Crippen LogP contribution is 2.36. The summed E-state index contributed by atoms with van der Waals surface area (Å²) in [6, 6.07) is 0. The van der Waals surface area contributed by atoms with Gasteiger partial charge in [-0.25, -0.2) is 14.4 Å². The van der Waals surface area contributed by atoms with Crippen LogP contribution in [0.25, 0.3) is 0 Å². The van der Waals surface area contributed by atoms with Crippen molar-refractivity contribution in [3.05, 3.63) is 59.4 Å². The van der Waals surface area contributed by atoms with Crippen molar-refractivity contribution >= 4 is 17.9 Å². The number of hydrogen-bond donors (Lipinski definition) is 3. The van der Waals surface area contributed by atoms with Crippen molar-refractivity contribution in [2.75, 3.05) is 13.2 Å². The van der Waals surface area contributed by atoms with Crippen LogP contribution in [0.4, 0.5) is 0 Å². The summed E-state index contributed by atoms with van der Waals surface area (Å²) in [7, 11) is 0. The molecule has 180 valence electrons. The number of ether oxygens (including phenoxy) is 3. The predicted molar refractivity (Wildman–Crippen MR) is 117 cm³/mol. The van der Waals surface area contributed by atoms with E-state index in [1.54, 1.807) is 0 Å². The highest BCUT2D eigenvalue weighted by atomic mass is 16.6. The van der Waals surface area contributed by atoms with Gasteiger partial charge in [-0.05, 0) is 38.8 Å². The van der Waals surface area contributed by atoms with Crippen molar-refractivity contribution in [2.45, 2.75) is 51.4 Å². The second-order valence-corrected chi connectivity index (χ2v) is 8.04. The van der Waals surface area contributed by atoms with Gasteiger partial charge in [0, 0.05) is 12.0 Å². The summed E-state index contributed by atoms with van der Waals surface area (Å²) < 4.78 is 16.0. The van der Waals surface area contributed by atoms with E-state index >= 15 is 0 Å². The van der Waals surface area contributed by atoms with E-state index in [0.29, 0.717) is 0 Å². The Hall–Kier alpha value is -3.01. The van der Waals surface area contributed by atoms with E-state index in [4.69, 9.17) is 19.3 Å². The number of esters is 3. The number of rotatable bonds is 7. The molecule has 2 aliphatic rings. The molecule has 0 saturated carbocycles. The molecular weight excluding hydrogens is 432 g/mol. The van der Waals surface area contributed by atoms with Crippen molar-refractivity contribution in [1.82, 2.24) is 0 Å². The van der Waals surface area contributed by atoms with Crippen LogP contribution >= 0.6 is 0 Å². The normalized spacial score (nSPS) is 27.8. The molecule has 3 N–H and O–H groups in total. The van der Waals surface area contributed by atoms with Gasteiger partial charge >= 0.3 is 17.9 Å². The second-order valence-electron chi connectivity index (χ2n) is 8.04. The van der Waals surface area contributed by atoms with Crippen LogP contribution in [0.1, 0.15) is 33.1 Å². The van der Waals surface area contributed by atoms with E-state index in [2.05, 4.69) is 13.2 Å². The Balaban J connectivity index is 2.31. The lowest BCUT2D eigenvalue weighted by molar-refractivity contribution is -0.156. The molecule has 1 unspecified atom stereocenters. The molecule has 1 heterocycles. The van der Waals surface area contributed by atoms with Crippen LogP contribution in [0, 0.1) is 5.92 Å². The van der Waals surface area contributed by atoms with E-state index in [1.165, 1.54) is 0 Å². The number of carbonyl (C=O) groups is 3. The quantitative estimate of drug-likeness (QED) is 0.168. The van der Waals surface area contributed by atoms with Crippen molar-refractivity contribution in [1.29, 1.82) is 0 Å². The molecule has 1 aliphatic carbocycles. The molecule has 9 heteroatoms. The molecule has 0 amide bonds. The molecule has 4 atom stereocenters. The molecule has 0 radical (unpaired) electrons. The minimum Gasteiger partial charge on any atom is -0.455 e.